The molecule has 0 aliphatic heterocycles. The second-order valence-corrected chi connectivity index (χ2v) is 9.84. The second-order valence-electron chi connectivity index (χ2n) is 7.29. The maximum absolute atomic E-state index is 13.2. The maximum Gasteiger partial charge on any atom is 0.229 e. The molecule has 0 N–H and O–H groups in total. The predicted molar refractivity (Wildman–Crippen MR) is 130 cm³/mol. The van der Waals surface area contributed by atoms with Gasteiger partial charge in [0.25, 0.3) is 0 Å². The van der Waals surface area contributed by atoms with E-state index in [0.29, 0.717) is 28.9 Å². The highest BCUT2D eigenvalue weighted by molar-refractivity contribution is 7.99. The van der Waals surface area contributed by atoms with Gasteiger partial charge in [-0.05, 0) is 49.2 Å². The topological polar surface area (TPSA) is 51.0 Å². The van der Waals surface area contributed by atoms with Gasteiger partial charge in [-0.25, -0.2) is 14.4 Å². The number of aryl methyl sites for hydroxylation is 2. The smallest absolute Gasteiger partial charge is 0.229 e. The number of thioether (sulfide) groups is 1. The summed E-state index contributed by atoms with van der Waals surface area (Å²) in [7, 11) is 0. The standard InChI is InChI=1S/C23H22ClFN4OS2/c1-16-3-8-19(24)22-21(16)27-23(32-22)29(12-2-11-28-13-10-26-15-28)20(30)9-14-31-18-6-4-17(25)5-7-18/h3-8,10,13,15H,2,9,11-12,14H2,1H3. The fraction of sp³-hybridized carbons (Fsp3) is 0.261. The number of thiazole rings is 1. The molecule has 0 bridgehead atoms. The van der Waals surface area contributed by atoms with Gasteiger partial charge in [0.2, 0.25) is 5.91 Å². The van der Waals surface area contributed by atoms with E-state index in [9.17, 15) is 9.18 Å². The molecule has 0 spiro atoms. The first kappa shape index (κ1) is 22.8. The summed E-state index contributed by atoms with van der Waals surface area (Å²) in [4.78, 5) is 24.7. The number of fused-ring (bicyclic) bond motifs is 1. The minimum atomic E-state index is -0.265. The third kappa shape index (κ3) is 5.49. The van der Waals surface area contributed by atoms with Crippen LogP contribution in [0.25, 0.3) is 10.2 Å². The molecule has 1 amide bonds. The number of hydrogen-bond acceptors (Lipinski definition) is 5. The van der Waals surface area contributed by atoms with Crippen molar-refractivity contribution in [3.8, 4) is 0 Å². The van der Waals surface area contributed by atoms with Crippen LogP contribution in [0.2, 0.25) is 5.02 Å². The molecule has 166 valence electrons. The van der Waals surface area contributed by atoms with Crippen LogP contribution in [0.3, 0.4) is 0 Å². The van der Waals surface area contributed by atoms with E-state index in [1.54, 1.807) is 29.6 Å². The largest absolute Gasteiger partial charge is 0.337 e. The zero-order chi connectivity index (χ0) is 22.5. The van der Waals surface area contributed by atoms with Gasteiger partial charge in [0.15, 0.2) is 5.13 Å². The molecule has 5 nitrogen and oxygen atoms in total. The number of anilines is 1. The number of benzene rings is 2. The van der Waals surface area contributed by atoms with Crippen LogP contribution >= 0.6 is 34.7 Å². The second kappa shape index (κ2) is 10.5. The molecular weight excluding hydrogens is 467 g/mol. The number of rotatable bonds is 9. The van der Waals surface area contributed by atoms with Gasteiger partial charge in [-0.15, -0.1) is 11.8 Å². The number of carbonyl (C=O) groups is 1. The van der Waals surface area contributed by atoms with Gasteiger partial charge < -0.3 is 4.57 Å². The van der Waals surface area contributed by atoms with Crippen molar-refractivity contribution in [1.82, 2.24) is 14.5 Å². The Morgan fingerprint density at radius 3 is 2.78 bits per heavy atom. The molecule has 9 heteroatoms. The molecule has 2 aromatic carbocycles. The van der Waals surface area contributed by atoms with Crippen molar-refractivity contribution < 1.29 is 9.18 Å². The highest BCUT2D eigenvalue weighted by Gasteiger charge is 2.21. The summed E-state index contributed by atoms with van der Waals surface area (Å²) in [5.74, 6) is 0.352. The van der Waals surface area contributed by atoms with Gasteiger partial charge in [0.1, 0.15) is 5.82 Å². The van der Waals surface area contributed by atoms with E-state index >= 15 is 0 Å². The number of carbonyl (C=O) groups excluding carboxylic acids is 1. The molecule has 0 saturated carbocycles. The lowest BCUT2D eigenvalue weighted by Gasteiger charge is -2.20. The maximum atomic E-state index is 13.2. The molecule has 2 aromatic heterocycles. The minimum absolute atomic E-state index is 0.0121. The fourth-order valence-corrected chi connectivity index (χ4v) is 5.49. The number of nitrogens with zero attached hydrogens (tertiary/aromatic N) is 4. The SMILES string of the molecule is Cc1ccc(Cl)c2sc(N(CCCn3ccnc3)C(=O)CCSc3ccc(F)cc3)nc12. The molecule has 0 atom stereocenters. The first-order valence-electron chi connectivity index (χ1n) is 10.2. The van der Waals surface area contributed by atoms with Crippen LogP contribution in [-0.4, -0.2) is 32.7 Å². The Morgan fingerprint density at radius 2 is 2.06 bits per heavy atom. The van der Waals surface area contributed by atoms with E-state index in [1.807, 2.05) is 29.8 Å². The summed E-state index contributed by atoms with van der Waals surface area (Å²) in [6.45, 7) is 3.31. The number of aromatic nitrogens is 3. The van der Waals surface area contributed by atoms with Crippen LogP contribution < -0.4 is 4.90 Å². The van der Waals surface area contributed by atoms with Gasteiger partial charge in [-0.1, -0.05) is 29.0 Å². The predicted octanol–water partition coefficient (Wildman–Crippen LogP) is 6.20. The Kier molecular flexibility index (Phi) is 7.44. The van der Waals surface area contributed by atoms with Crippen molar-refractivity contribution in [1.29, 1.82) is 0 Å². The van der Waals surface area contributed by atoms with Crippen molar-refractivity contribution >= 4 is 56.0 Å². The van der Waals surface area contributed by atoms with Crippen LogP contribution in [-0.2, 0) is 11.3 Å². The highest BCUT2D eigenvalue weighted by atomic mass is 35.5. The van der Waals surface area contributed by atoms with Crippen LogP contribution in [0.5, 0.6) is 0 Å². The minimum Gasteiger partial charge on any atom is -0.337 e. The van der Waals surface area contributed by atoms with Crippen LogP contribution in [0, 0.1) is 12.7 Å². The first-order valence-corrected chi connectivity index (χ1v) is 12.4. The van der Waals surface area contributed by atoms with E-state index in [1.165, 1.54) is 35.2 Å². The third-order valence-corrected chi connectivity index (χ3v) is 7.53. The van der Waals surface area contributed by atoms with Crippen LogP contribution in [0.1, 0.15) is 18.4 Å². The summed E-state index contributed by atoms with van der Waals surface area (Å²) in [6, 6.07) is 10.1. The van der Waals surface area contributed by atoms with E-state index < -0.39 is 0 Å². The van der Waals surface area contributed by atoms with Gasteiger partial charge in [0.05, 0.1) is 21.6 Å². The van der Waals surface area contributed by atoms with E-state index in [-0.39, 0.29) is 11.7 Å². The number of amides is 1. The number of imidazole rings is 1. The Labute approximate surface area is 199 Å². The summed E-state index contributed by atoms with van der Waals surface area (Å²) in [5.41, 5.74) is 1.87. The quantitative estimate of drug-likeness (QED) is 0.263. The lowest BCUT2D eigenvalue weighted by molar-refractivity contribution is -0.118. The van der Waals surface area contributed by atoms with Crippen LogP contribution in [0.15, 0.2) is 60.0 Å². The Morgan fingerprint density at radius 1 is 1.25 bits per heavy atom. The van der Waals surface area contributed by atoms with E-state index in [4.69, 9.17) is 16.6 Å². The lowest BCUT2D eigenvalue weighted by Crippen LogP contribution is -2.32. The van der Waals surface area contributed by atoms with E-state index in [2.05, 4.69) is 4.98 Å². The normalized spacial score (nSPS) is 11.2. The molecule has 0 unspecified atom stereocenters. The van der Waals surface area contributed by atoms with Gasteiger partial charge in [-0.2, -0.15) is 0 Å². The monoisotopic (exact) mass is 488 g/mol. The van der Waals surface area contributed by atoms with Crippen molar-refractivity contribution in [2.45, 2.75) is 31.2 Å². The summed E-state index contributed by atoms with van der Waals surface area (Å²) >= 11 is 9.37. The highest BCUT2D eigenvalue weighted by Crippen LogP contribution is 2.36. The van der Waals surface area contributed by atoms with E-state index in [0.717, 1.165) is 33.6 Å². The Hall–Kier alpha value is -2.42. The zero-order valence-electron chi connectivity index (χ0n) is 17.5. The molecule has 4 aromatic rings. The molecule has 0 aliphatic rings. The van der Waals surface area contributed by atoms with Crippen molar-refractivity contribution in [2.75, 3.05) is 17.2 Å². The lowest BCUT2D eigenvalue weighted by atomic mass is 10.2. The number of hydrogen-bond donors (Lipinski definition) is 0. The Bertz CT molecular complexity index is 1160. The number of halogens is 2. The van der Waals surface area contributed by atoms with Gasteiger partial charge in [-0.3, -0.25) is 9.69 Å². The molecule has 0 radical (unpaired) electrons. The van der Waals surface area contributed by atoms with Crippen LogP contribution in [0.4, 0.5) is 9.52 Å². The van der Waals surface area contributed by atoms with Gasteiger partial charge >= 0.3 is 0 Å². The Balaban J connectivity index is 1.48. The summed E-state index contributed by atoms with van der Waals surface area (Å²) in [6.07, 6.45) is 6.55. The molecule has 32 heavy (non-hydrogen) atoms. The summed E-state index contributed by atoms with van der Waals surface area (Å²) in [5, 5.41) is 1.31. The molecular formula is C23H22ClFN4OS2. The van der Waals surface area contributed by atoms with Crippen molar-refractivity contribution in [3.63, 3.8) is 0 Å². The van der Waals surface area contributed by atoms with Crippen molar-refractivity contribution in [3.05, 3.63) is 71.5 Å². The third-order valence-electron chi connectivity index (χ3n) is 4.97. The average molecular weight is 489 g/mol. The van der Waals surface area contributed by atoms with Gasteiger partial charge in [0, 0.05) is 42.6 Å². The molecule has 0 fully saturated rings. The molecule has 0 saturated heterocycles. The average Bonchev–Trinajstić information content (AvgIpc) is 3.46. The summed E-state index contributed by atoms with van der Waals surface area (Å²) < 4.78 is 16.0. The van der Waals surface area contributed by atoms with Crippen molar-refractivity contribution in [2.24, 2.45) is 0 Å². The molecule has 4 rings (SSSR count). The zero-order valence-corrected chi connectivity index (χ0v) is 19.9. The molecule has 0 aliphatic carbocycles. The first-order chi connectivity index (χ1) is 15.5. The molecule has 2 heterocycles. The fourth-order valence-electron chi connectivity index (χ4n) is 3.29.